The summed E-state index contributed by atoms with van der Waals surface area (Å²) in [6, 6.07) is 9.22. The van der Waals surface area contributed by atoms with Crippen LogP contribution in [0.4, 0.5) is 4.39 Å². The molecule has 1 saturated heterocycles. The van der Waals surface area contributed by atoms with Crippen LogP contribution in [0.1, 0.15) is 30.1 Å². The lowest BCUT2D eigenvalue weighted by molar-refractivity contribution is 0.244. The molecule has 1 aromatic heterocycles. The monoisotopic (exact) mass is 245 g/mol. The standard InChI is InChI=1S/C14H16FN3/c15-12-5-3-11(4-6-12)10-18-9-1-2-14(18)13-7-8-16-17-13/h3-8,14H,1-2,9-10H2,(H,16,17)/t14-/m1/s1. The topological polar surface area (TPSA) is 31.9 Å². The van der Waals surface area contributed by atoms with Crippen LogP contribution in [0, 0.1) is 5.82 Å². The van der Waals surface area contributed by atoms with Crippen LogP contribution >= 0.6 is 0 Å². The van der Waals surface area contributed by atoms with Crippen molar-refractivity contribution in [1.29, 1.82) is 0 Å². The number of aromatic amines is 1. The Kier molecular flexibility index (Phi) is 3.11. The molecule has 3 rings (SSSR count). The number of H-pyrrole nitrogens is 1. The third-order valence-electron chi connectivity index (χ3n) is 3.54. The van der Waals surface area contributed by atoms with Gasteiger partial charge in [-0.1, -0.05) is 12.1 Å². The van der Waals surface area contributed by atoms with E-state index in [4.69, 9.17) is 0 Å². The zero-order valence-corrected chi connectivity index (χ0v) is 10.1. The number of aromatic nitrogens is 2. The predicted molar refractivity (Wildman–Crippen MR) is 67.4 cm³/mol. The van der Waals surface area contributed by atoms with Gasteiger partial charge in [-0.3, -0.25) is 10.00 Å². The lowest BCUT2D eigenvalue weighted by Gasteiger charge is -2.23. The average molecular weight is 245 g/mol. The maximum Gasteiger partial charge on any atom is 0.123 e. The number of halogens is 1. The van der Waals surface area contributed by atoms with Crippen molar-refractivity contribution in [3.8, 4) is 0 Å². The molecule has 4 heteroatoms. The molecule has 0 bridgehead atoms. The summed E-state index contributed by atoms with van der Waals surface area (Å²) in [5.41, 5.74) is 2.33. The molecule has 1 aromatic carbocycles. The summed E-state index contributed by atoms with van der Waals surface area (Å²) in [6.07, 6.45) is 4.15. The van der Waals surface area contributed by atoms with E-state index < -0.39 is 0 Å². The van der Waals surface area contributed by atoms with Crippen molar-refractivity contribution in [1.82, 2.24) is 15.1 Å². The first kappa shape index (κ1) is 11.4. The molecule has 1 aliphatic rings. The SMILES string of the molecule is Fc1ccc(CN2CCC[C@@H]2c2ccn[nH]2)cc1. The smallest absolute Gasteiger partial charge is 0.123 e. The van der Waals surface area contributed by atoms with Crippen LogP contribution in [0.3, 0.4) is 0 Å². The van der Waals surface area contributed by atoms with Gasteiger partial charge >= 0.3 is 0 Å². The highest BCUT2D eigenvalue weighted by atomic mass is 19.1. The quantitative estimate of drug-likeness (QED) is 0.901. The van der Waals surface area contributed by atoms with Gasteiger partial charge in [0.15, 0.2) is 0 Å². The molecule has 94 valence electrons. The molecule has 2 heterocycles. The molecule has 0 unspecified atom stereocenters. The van der Waals surface area contributed by atoms with E-state index in [1.807, 2.05) is 18.2 Å². The zero-order chi connectivity index (χ0) is 12.4. The Balaban J connectivity index is 1.73. The summed E-state index contributed by atoms with van der Waals surface area (Å²) in [6.45, 7) is 1.95. The van der Waals surface area contributed by atoms with E-state index in [9.17, 15) is 4.39 Å². The second kappa shape index (κ2) is 4.90. The summed E-state index contributed by atoms with van der Waals surface area (Å²) in [5, 5.41) is 7.07. The third-order valence-corrected chi connectivity index (χ3v) is 3.54. The Morgan fingerprint density at radius 3 is 2.83 bits per heavy atom. The Labute approximate surface area is 106 Å². The number of hydrogen-bond donors (Lipinski definition) is 1. The number of hydrogen-bond acceptors (Lipinski definition) is 2. The molecule has 0 aliphatic carbocycles. The summed E-state index contributed by atoms with van der Waals surface area (Å²) in [7, 11) is 0. The van der Waals surface area contributed by atoms with E-state index in [0.717, 1.165) is 25.1 Å². The highest BCUT2D eigenvalue weighted by Gasteiger charge is 2.26. The van der Waals surface area contributed by atoms with Crippen LogP contribution in [0.25, 0.3) is 0 Å². The fraction of sp³-hybridized carbons (Fsp3) is 0.357. The number of rotatable bonds is 3. The van der Waals surface area contributed by atoms with Gasteiger partial charge in [0, 0.05) is 12.7 Å². The fourth-order valence-corrected chi connectivity index (χ4v) is 2.64. The third kappa shape index (κ3) is 2.29. The second-order valence-electron chi connectivity index (χ2n) is 4.77. The molecular formula is C14H16FN3. The van der Waals surface area contributed by atoms with Crippen molar-refractivity contribution in [2.75, 3.05) is 6.54 Å². The fourth-order valence-electron chi connectivity index (χ4n) is 2.64. The van der Waals surface area contributed by atoms with Crippen molar-refractivity contribution in [3.05, 3.63) is 53.6 Å². The molecule has 0 saturated carbocycles. The van der Waals surface area contributed by atoms with Crippen LogP contribution in [0.2, 0.25) is 0 Å². The summed E-state index contributed by atoms with van der Waals surface area (Å²) >= 11 is 0. The Morgan fingerprint density at radius 1 is 1.28 bits per heavy atom. The van der Waals surface area contributed by atoms with E-state index >= 15 is 0 Å². The Bertz CT molecular complexity index is 492. The minimum atomic E-state index is -0.176. The summed E-state index contributed by atoms with van der Waals surface area (Å²) in [4.78, 5) is 2.42. The minimum Gasteiger partial charge on any atom is -0.291 e. The van der Waals surface area contributed by atoms with E-state index in [1.165, 1.54) is 24.2 Å². The van der Waals surface area contributed by atoms with E-state index in [0.29, 0.717) is 6.04 Å². The molecule has 0 amide bonds. The number of benzene rings is 1. The van der Waals surface area contributed by atoms with Gasteiger partial charge in [-0.15, -0.1) is 0 Å². The van der Waals surface area contributed by atoms with Crippen molar-refractivity contribution in [2.24, 2.45) is 0 Å². The van der Waals surface area contributed by atoms with Crippen LogP contribution < -0.4 is 0 Å². The lowest BCUT2D eigenvalue weighted by atomic mass is 10.1. The number of nitrogens with one attached hydrogen (secondary N) is 1. The van der Waals surface area contributed by atoms with E-state index in [-0.39, 0.29) is 5.82 Å². The predicted octanol–water partition coefficient (Wildman–Crippen LogP) is 2.89. The Morgan fingerprint density at radius 2 is 2.11 bits per heavy atom. The molecule has 0 spiro atoms. The van der Waals surface area contributed by atoms with E-state index in [2.05, 4.69) is 15.1 Å². The molecule has 0 radical (unpaired) electrons. The minimum absolute atomic E-state index is 0.176. The van der Waals surface area contributed by atoms with Crippen molar-refractivity contribution in [2.45, 2.75) is 25.4 Å². The van der Waals surface area contributed by atoms with Crippen molar-refractivity contribution in [3.63, 3.8) is 0 Å². The van der Waals surface area contributed by atoms with Gasteiger partial charge in [-0.2, -0.15) is 5.10 Å². The van der Waals surface area contributed by atoms with Gasteiger partial charge in [-0.25, -0.2) is 4.39 Å². The van der Waals surface area contributed by atoms with Crippen LogP contribution in [-0.2, 0) is 6.54 Å². The van der Waals surface area contributed by atoms with Gasteiger partial charge < -0.3 is 0 Å². The van der Waals surface area contributed by atoms with Gasteiger partial charge in [0.25, 0.3) is 0 Å². The molecule has 1 atom stereocenters. The molecule has 1 N–H and O–H groups in total. The molecule has 1 aliphatic heterocycles. The first-order chi connectivity index (χ1) is 8.83. The largest absolute Gasteiger partial charge is 0.291 e. The molecule has 18 heavy (non-hydrogen) atoms. The first-order valence-electron chi connectivity index (χ1n) is 6.31. The van der Waals surface area contributed by atoms with Gasteiger partial charge in [0.1, 0.15) is 5.82 Å². The van der Waals surface area contributed by atoms with Crippen molar-refractivity contribution < 1.29 is 4.39 Å². The molecule has 2 aromatic rings. The molecule has 3 nitrogen and oxygen atoms in total. The average Bonchev–Trinajstić information content (AvgIpc) is 3.02. The zero-order valence-electron chi connectivity index (χ0n) is 10.1. The van der Waals surface area contributed by atoms with Gasteiger partial charge in [-0.05, 0) is 43.1 Å². The van der Waals surface area contributed by atoms with Crippen LogP contribution in [0.5, 0.6) is 0 Å². The lowest BCUT2D eigenvalue weighted by Crippen LogP contribution is -2.23. The van der Waals surface area contributed by atoms with Crippen LogP contribution in [0.15, 0.2) is 36.5 Å². The molecule has 1 fully saturated rings. The maximum absolute atomic E-state index is 12.9. The second-order valence-corrected chi connectivity index (χ2v) is 4.77. The normalized spacial score (nSPS) is 20.4. The number of likely N-dealkylation sites (tertiary alicyclic amines) is 1. The number of nitrogens with zero attached hydrogens (tertiary/aromatic N) is 2. The summed E-state index contributed by atoms with van der Waals surface area (Å²) < 4.78 is 12.9. The highest BCUT2D eigenvalue weighted by molar-refractivity contribution is 5.17. The maximum atomic E-state index is 12.9. The van der Waals surface area contributed by atoms with Gasteiger partial charge in [0.2, 0.25) is 0 Å². The first-order valence-corrected chi connectivity index (χ1v) is 6.31. The van der Waals surface area contributed by atoms with Crippen LogP contribution in [-0.4, -0.2) is 21.6 Å². The molecular weight excluding hydrogens is 229 g/mol. The summed E-state index contributed by atoms with van der Waals surface area (Å²) in [5.74, 6) is -0.176. The Hall–Kier alpha value is -1.68. The van der Waals surface area contributed by atoms with Gasteiger partial charge in [0.05, 0.1) is 11.7 Å². The van der Waals surface area contributed by atoms with E-state index in [1.54, 1.807) is 6.20 Å². The van der Waals surface area contributed by atoms with Crippen molar-refractivity contribution >= 4 is 0 Å². The highest BCUT2D eigenvalue weighted by Crippen LogP contribution is 2.31.